The second kappa shape index (κ2) is 5.13. The Bertz CT molecular complexity index is 492. The monoisotopic (exact) mass is 280 g/mol. The van der Waals surface area contributed by atoms with Gasteiger partial charge in [-0.1, -0.05) is 6.92 Å². The Morgan fingerprint density at radius 1 is 1.47 bits per heavy atom. The first-order valence-electron chi connectivity index (χ1n) is 7.00. The summed E-state index contributed by atoms with van der Waals surface area (Å²) in [6, 6.07) is 0. The van der Waals surface area contributed by atoms with Gasteiger partial charge < -0.3 is 15.4 Å². The highest BCUT2D eigenvalue weighted by molar-refractivity contribution is 7.16. The van der Waals surface area contributed by atoms with Crippen LogP contribution in [0.5, 0.6) is 0 Å². The molecule has 0 aromatic carbocycles. The van der Waals surface area contributed by atoms with E-state index in [9.17, 15) is 4.79 Å². The highest BCUT2D eigenvalue weighted by Crippen LogP contribution is 2.45. The number of morpholine rings is 1. The molecule has 19 heavy (non-hydrogen) atoms. The molecule has 5 heteroatoms. The third-order valence-electron chi connectivity index (χ3n) is 4.18. The van der Waals surface area contributed by atoms with Crippen molar-refractivity contribution in [1.29, 1.82) is 0 Å². The SMILES string of the molecule is CCC1CCc2sc(N)c(C(=O)N3CCOCC3)c21. The van der Waals surface area contributed by atoms with Crippen LogP contribution in [0.25, 0.3) is 0 Å². The van der Waals surface area contributed by atoms with Gasteiger partial charge in [-0.25, -0.2) is 0 Å². The second-order valence-corrected chi connectivity index (χ2v) is 6.36. The van der Waals surface area contributed by atoms with Gasteiger partial charge in [-0.2, -0.15) is 0 Å². The summed E-state index contributed by atoms with van der Waals surface area (Å²) in [5.74, 6) is 0.627. The van der Waals surface area contributed by atoms with Crippen LogP contribution in [0, 0.1) is 0 Å². The summed E-state index contributed by atoms with van der Waals surface area (Å²) in [7, 11) is 0. The summed E-state index contributed by atoms with van der Waals surface area (Å²) >= 11 is 1.61. The highest BCUT2D eigenvalue weighted by Gasteiger charge is 2.33. The smallest absolute Gasteiger partial charge is 0.257 e. The fourth-order valence-corrected chi connectivity index (χ4v) is 4.29. The molecule has 1 aliphatic carbocycles. The van der Waals surface area contributed by atoms with Crippen molar-refractivity contribution in [1.82, 2.24) is 4.90 Å². The van der Waals surface area contributed by atoms with E-state index in [2.05, 4.69) is 6.92 Å². The van der Waals surface area contributed by atoms with Gasteiger partial charge in [-0.05, 0) is 30.7 Å². The average Bonchev–Trinajstić information content (AvgIpc) is 2.96. The number of amides is 1. The molecular formula is C14H20N2O2S. The molecule has 104 valence electrons. The largest absolute Gasteiger partial charge is 0.390 e. The quantitative estimate of drug-likeness (QED) is 0.904. The summed E-state index contributed by atoms with van der Waals surface area (Å²) < 4.78 is 5.31. The molecule has 1 aromatic rings. The van der Waals surface area contributed by atoms with Crippen molar-refractivity contribution in [3.63, 3.8) is 0 Å². The molecule has 3 rings (SSSR count). The van der Waals surface area contributed by atoms with Crippen molar-refractivity contribution >= 4 is 22.2 Å². The van der Waals surface area contributed by atoms with Gasteiger partial charge in [0.2, 0.25) is 0 Å². The maximum Gasteiger partial charge on any atom is 0.257 e. The zero-order valence-electron chi connectivity index (χ0n) is 11.3. The number of nitrogens with zero attached hydrogens (tertiary/aromatic N) is 1. The summed E-state index contributed by atoms with van der Waals surface area (Å²) in [6.45, 7) is 4.82. The van der Waals surface area contributed by atoms with Crippen LogP contribution in [0.1, 0.15) is 46.5 Å². The Kier molecular flexibility index (Phi) is 3.50. The first-order chi connectivity index (χ1) is 9.22. The number of rotatable bonds is 2. The number of hydrogen-bond acceptors (Lipinski definition) is 4. The normalized spacial score (nSPS) is 22.6. The number of fused-ring (bicyclic) bond motifs is 1. The van der Waals surface area contributed by atoms with E-state index in [1.165, 1.54) is 16.9 Å². The van der Waals surface area contributed by atoms with E-state index in [0.29, 0.717) is 37.2 Å². The van der Waals surface area contributed by atoms with Crippen LogP contribution in [-0.4, -0.2) is 37.1 Å². The minimum absolute atomic E-state index is 0.110. The molecule has 1 fully saturated rings. The van der Waals surface area contributed by atoms with E-state index >= 15 is 0 Å². The number of hydrogen-bond donors (Lipinski definition) is 1. The zero-order chi connectivity index (χ0) is 13.4. The molecule has 1 amide bonds. The van der Waals surface area contributed by atoms with Crippen molar-refractivity contribution in [2.45, 2.75) is 32.1 Å². The fraction of sp³-hybridized carbons (Fsp3) is 0.643. The topological polar surface area (TPSA) is 55.6 Å². The van der Waals surface area contributed by atoms with Gasteiger partial charge in [0.05, 0.1) is 23.8 Å². The van der Waals surface area contributed by atoms with E-state index in [1.54, 1.807) is 11.3 Å². The molecule has 0 radical (unpaired) electrons. The van der Waals surface area contributed by atoms with Crippen molar-refractivity contribution in [2.24, 2.45) is 0 Å². The first-order valence-corrected chi connectivity index (χ1v) is 7.82. The molecule has 2 N–H and O–H groups in total. The maximum absolute atomic E-state index is 12.7. The summed E-state index contributed by atoms with van der Waals surface area (Å²) in [5.41, 5.74) is 8.16. The molecule has 1 aliphatic heterocycles. The third kappa shape index (κ3) is 2.15. The van der Waals surface area contributed by atoms with Gasteiger partial charge >= 0.3 is 0 Å². The zero-order valence-corrected chi connectivity index (χ0v) is 12.1. The first kappa shape index (κ1) is 12.9. The second-order valence-electron chi connectivity index (χ2n) is 5.23. The lowest BCUT2D eigenvalue weighted by Gasteiger charge is -2.27. The lowest BCUT2D eigenvalue weighted by atomic mass is 9.96. The maximum atomic E-state index is 12.7. The molecule has 2 heterocycles. The van der Waals surface area contributed by atoms with Gasteiger partial charge in [0.25, 0.3) is 5.91 Å². The Labute approximate surface area is 117 Å². The molecule has 2 aliphatic rings. The number of nitrogen functional groups attached to an aromatic ring is 1. The predicted octanol–water partition coefficient (Wildman–Crippen LogP) is 2.24. The Morgan fingerprint density at radius 3 is 2.89 bits per heavy atom. The molecule has 1 saturated heterocycles. The Morgan fingerprint density at radius 2 is 2.21 bits per heavy atom. The number of carbonyl (C=O) groups is 1. The minimum atomic E-state index is 0.110. The van der Waals surface area contributed by atoms with Crippen molar-refractivity contribution in [3.8, 4) is 0 Å². The van der Waals surface area contributed by atoms with Crippen LogP contribution in [-0.2, 0) is 11.2 Å². The van der Waals surface area contributed by atoms with Gasteiger partial charge in [0, 0.05) is 18.0 Å². The van der Waals surface area contributed by atoms with Crippen LogP contribution in [0.15, 0.2) is 0 Å². The van der Waals surface area contributed by atoms with Crippen LogP contribution in [0.4, 0.5) is 5.00 Å². The number of carbonyl (C=O) groups excluding carboxylic acids is 1. The number of thiophene rings is 1. The molecule has 1 aromatic heterocycles. The number of anilines is 1. The Hall–Kier alpha value is -1.07. The van der Waals surface area contributed by atoms with Crippen LogP contribution in [0.2, 0.25) is 0 Å². The molecule has 1 atom stereocenters. The van der Waals surface area contributed by atoms with Gasteiger partial charge in [-0.15, -0.1) is 11.3 Å². The van der Waals surface area contributed by atoms with Crippen molar-refractivity contribution in [3.05, 3.63) is 16.0 Å². The summed E-state index contributed by atoms with van der Waals surface area (Å²) in [5, 5.41) is 0.708. The Balaban J connectivity index is 1.94. The van der Waals surface area contributed by atoms with E-state index in [1.807, 2.05) is 4.90 Å². The van der Waals surface area contributed by atoms with Crippen molar-refractivity contribution in [2.75, 3.05) is 32.0 Å². The summed E-state index contributed by atoms with van der Waals surface area (Å²) in [4.78, 5) is 15.9. The lowest BCUT2D eigenvalue weighted by Crippen LogP contribution is -2.41. The van der Waals surface area contributed by atoms with E-state index in [0.717, 1.165) is 18.4 Å². The van der Waals surface area contributed by atoms with E-state index in [-0.39, 0.29) is 5.91 Å². The highest BCUT2D eigenvalue weighted by atomic mass is 32.1. The van der Waals surface area contributed by atoms with Gasteiger partial charge in [0.15, 0.2) is 0 Å². The molecule has 0 spiro atoms. The molecule has 0 saturated carbocycles. The molecule has 4 nitrogen and oxygen atoms in total. The van der Waals surface area contributed by atoms with Crippen LogP contribution < -0.4 is 5.73 Å². The van der Waals surface area contributed by atoms with Crippen molar-refractivity contribution < 1.29 is 9.53 Å². The van der Waals surface area contributed by atoms with E-state index in [4.69, 9.17) is 10.5 Å². The van der Waals surface area contributed by atoms with E-state index < -0.39 is 0 Å². The fourth-order valence-electron chi connectivity index (χ4n) is 3.13. The van der Waals surface area contributed by atoms with Gasteiger partial charge in [-0.3, -0.25) is 4.79 Å². The molecular weight excluding hydrogens is 260 g/mol. The number of ether oxygens (including phenoxy) is 1. The predicted molar refractivity (Wildman–Crippen MR) is 76.8 cm³/mol. The lowest BCUT2D eigenvalue weighted by molar-refractivity contribution is 0.0303. The van der Waals surface area contributed by atoms with Crippen LogP contribution >= 0.6 is 11.3 Å². The number of aryl methyl sites for hydroxylation is 1. The molecule has 0 bridgehead atoms. The molecule has 1 unspecified atom stereocenters. The minimum Gasteiger partial charge on any atom is -0.390 e. The average molecular weight is 280 g/mol. The number of nitrogens with two attached hydrogens (primary N) is 1. The summed E-state index contributed by atoms with van der Waals surface area (Å²) in [6.07, 6.45) is 3.34. The van der Waals surface area contributed by atoms with Crippen LogP contribution in [0.3, 0.4) is 0 Å². The van der Waals surface area contributed by atoms with Gasteiger partial charge in [0.1, 0.15) is 0 Å². The third-order valence-corrected chi connectivity index (χ3v) is 5.28. The standard InChI is InChI=1S/C14H20N2O2S/c1-2-9-3-4-10-11(9)12(13(15)19-10)14(17)16-5-7-18-8-6-16/h9H,2-8,15H2,1H3.